The van der Waals surface area contributed by atoms with Crippen molar-refractivity contribution in [1.82, 2.24) is 0 Å². The van der Waals surface area contributed by atoms with Crippen LogP contribution in [0.3, 0.4) is 0 Å². The van der Waals surface area contributed by atoms with Crippen molar-refractivity contribution < 1.29 is 13.5 Å². The molecule has 0 amide bonds. The highest BCUT2D eigenvalue weighted by Crippen LogP contribution is 2.16. The van der Waals surface area contributed by atoms with Crippen LogP contribution in [0.25, 0.3) is 0 Å². The number of aliphatic hydroxyl groups excluding tert-OH is 1. The van der Waals surface area contributed by atoms with E-state index in [9.17, 15) is 8.42 Å². The number of hydrogen-bond acceptors (Lipinski definition) is 3. The van der Waals surface area contributed by atoms with Gasteiger partial charge in [-0.05, 0) is 24.6 Å². The molecule has 0 aliphatic rings. The van der Waals surface area contributed by atoms with Gasteiger partial charge >= 0.3 is 0 Å². The number of halogens is 1. The minimum absolute atomic E-state index is 0.101. The van der Waals surface area contributed by atoms with Crippen molar-refractivity contribution in [2.45, 2.75) is 6.42 Å². The molecule has 6 heteroatoms. The van der Waals surface area contributed by atoms with E-state index in [0.29, 0.717) is 10.7 Å². The van der Waals surface area contributed by atoms with Crippen LogP contribution in [-0.4, -0.2) is 25.9 Å². The Morgan fingerprint density at radius 1 is 1.40 bits per heavy atom. The van der Waals surface area contributed by atoms with Crippen LogP contribution in [-0.2, 0) is 10.0 Å². The zero-order valence-electron chi connectivity index (χ0n) is 7.98. The average Bonchev–Trinajstić information content (AvgIpc) is 2.14. The van der Waals surface area contributed by atoms with E-state index in [1.807, 2.05) is 0 Å². The maximum Gasteiger partial charge on any atom is 0.232 e. The average molecular weight is 250 g/mol. The summed E-state index contributed by atoms with van der Waals surface area (Å²) in [5, 5.41) is 9.00. The lowest BCUT2D eigenvalue weighted by atomic mass is 10.3. The van der Waals surface area contributed by atoms with E-state index < -0.39 is 10.0 Å². The first kappa shape index (κ1) is 12.3. The van der Waals surface area contributed by atoms with Gasteiger partial charge in [0.25, 0.3) is 0 Å². The van der Waals surface area contributed by atoms with Crippen LogP contribution >= 0.6 is 11.6 Å². The maximum absolute atomic E-state index is 11.4. The van der Waals surface area contributed by atoms with E-state index in [2.05, 4.69) is 4.72 Å². The summed E-state index contributed by atoms with van der Waals surface area (Å²) in [6, 6.07) is 6.46. The molecule has 0 aliphatic heterocycles. The van der Waals surface area contributed by atoms with Crippen LogP contribution < -0.4 is 4.72 Å². The molecule has 1 rings (SSSR count). The lowest BCUT2D eigenvalue weighted by Crippen LogP contribution is -2.17. The summed E-state index contributed by atoms with van der Waals surface area (Å²) in [5.41, 5.74) is 0.431. The summed E-state index contributed by atoms with van der Waals surface area (Å²) in [7, 11) is -3.38. The van der Waals surface area contributed by atoms with Crippen LogP contribution in [0.5, 0.6) is 0 Å². The highest BCUT2D eigenvalue weighted by atomic mass is 35.5. The van der Waals surface area contributed by atoms with Crippen LogP contribution in [0.4, 0.5) is 5.69 Å². The Balaban J connectivity index is 2.69. The second kappa shape index (κ2) is 5.34. The molecule has 0 radical (unpaired) electrons. The monoisotopic (exact) mass is 249 g/mol. The number of hydrogen-bond donors (Lipinski definition) is 2. The Labute approximate surface area is 93.9 Å². The van der Waals surface area contributed by atoms with Gasteiger partial charge in [-0.2, -0.15) is 0 Å². The van der Waals surface area contributed by atoms with E-state index in [1.54, 1.807) is 18.2 Å². The van der Waals surface area contributed by atoms with Gasteiger partial charge in [0.15, 0.2) is 0 Å². The van der Waals surface area contributed by atoms with Gasteiger partial charge in [0.1, 0.15) is 0 Å². The first-order chi connectivity index (χ1) is 7.03. The SMILES string of the molecule is O=S(=O)(CCCO)Nc1cccc(Cl)c1. The highest BCUT2D eigenvalue weighted by Gasteiger charge is 2.09. The molecule has 2 N–H and O–H groups in total. The smallest absolute Gasteiger partial charge is 0.232 e. The standard InChI is InChI=1S/C9H12ClNO3S/c10-8-3-1-4-9(7-8)11-15(13,14)6-2-5-12/h1,3-4,7,11-12H,2,5-6H2. The largest absolute Gasteiger partial charge is 0.396 e. The van der Waals surface area contributed by atoms with Crippen molar-refractivity contribution in [3.8, 4) is 0 Å². The Hall–Kier alpha value is -0.780. The van der Waals surface area contributed by atoms with E-state index in [1.165, 1.54) is 6.07 Å². The summed E-state index contributed by atoms with van der Waals surface area (Å²) in [5.74, 6) is -0.101. The molecule has 0 atom stereocenters. The molecule has 0 unspecified atom stereocenters. The molecule has 0 heterocycles. The first-order valence-corrected chi connectivity index (χ1v) is 6.43. The molecule has 0 spiro atoms. The van der Waals surface area contributed by atoms with Crippen molar-refractivity contribution in [3.05, 3.63) is 29.3 Å². The third-order valence-electron chi connectivity index (χ3n) is 1.67. The van der Waals surface area contributed by atoms with Crippen LogP contribution in [0, 0.1) is 0 Å². The molecular weight excluding hydrogens is 238 g/mol. The van der Waals surface area contributed by atoms with Crippen molar-refractivity contribution in [1.29, 1.82) is 0 Å². The van der Waals surface area contributed by atoms with Gasteiger partial charge in [0.05, 0.1) is 5.75 Å². The second-order valence-electron chi connectivity index (χ2n) is 3.01. The number of sulfonamides is 1. The predicted molar refractivity (Wildman–Crippen MR) is 60.6 cm³/mol. The minimum Gasteiger partial charge on any atom is -0.396 e. The molecule has 1 aromatic carbocycles. The zero-order valence-corrected chi connectivity index (χ0v) is 9.55. The lowest BCUT2D eigenvalue weighted by Gasteiger charge is -2.07. The fourth-order valence-corrected chi connectivity index (χ4v) is 2.32. The number of nitrogens with one attached hydrogen (secondary N) is 1. The van der Waals surface area contributed by atoms with Crippen LogP contribution in [0.15, 0.2) is 24.3 Å². The third-order valence-corrected chi connectivity index (χ3v) is 3.28. The van der Waals surface area contributed by atoms with Crippen LogP contribution in [0.1, 0.15) is 6.42 Å². The highest BCUT2D eigenvalue weighted by molar-refractivity contribution is 7.92. The number of anilines is 1. The second-order valence-corrected chi connectivity index (χ2v) is 5.29. The maximum atomic E-state index is 11.4. The molecule has 0 fully saturated rings. The van der Waals surface area contributed by atoms with Gasteiger partial charge in [-0.3, -0.25) is 4.72 Å². The molecular formula is C9H12ClNO3S. The summed E-state index contributed by atoms with van der Waals surface area (Å²) in [4.78, 5) is 0. The van der Waals surface area contributed by atoms with Crippen LogP contribution in [0.2, 0.25) is 5.02 Å². The van der Waals surface area contributed by atoms with Gasteiger partial charge in [0.2, 0.25) is 10.0 Å². The zero-order chi connectivity index (χ0) is 11.3. The number of aliphatic hydroxyl groups is 1. The molecule has 15 heavy (non-hydrogen) atoms. The molecule has 0 saturated carbocycles. The summed E-state index contributed by atoms with van der Waals surface area (Å²) < 4.78 is 25.2. The molecule has 0 bridgehead atoms. The summed E-state index contributed by atoms with van der Waals surface area (Å²) >= 11 is 5.70. The van der Waals surface area contributed by atoms with E-state index in [4.69, 9.17) is 16.7 Å². The lowest BCUT2D eigenvalue weighted by molar-refractivity contribution is 0.295. The number of rotatable bonds is 5. The Morgan fingerprint density at radius 3 is 2.73 bits per heavy atom. The quantitative estimate of drug-likeness (QED) is 0.830. The van der Waals surface area contributed by atoms with E-state index >= 15 is 0 Å². The van der Waals surface area contributed by atoms with E-state index in [0.717, 1.165) is 0 Å². The molecule has 0 saturated heterocycles. The molecule has 0 aliphatic carbocycles. The summed E-state index contributed by atoms with van der Waals surface area (Å²) in [6.07, 6.45) is 0.218. The Bertz CT molecular complexity index is 419. The third kappa shape index (κ3) is 4.51. The summed E-state index contributed by atoms with van der Waals surface area (Å²) in [6.45, 7) is -0.142. The van der Waals surface area contributed by atoms with Gasteiger partial charge < -0.3 is 5.11 Å². The van der Waals surface area contributed by atoms with Gasteiger partial charge in [0, 0.05) is 17.3 Å². The van der Waals surface area contributed by atoms with Crippen molar-refractivity contribution in [2.75, 3.05) is 17.1 Å². The number of benzene rings is 1. The molecule has 1 aromatic rings. The molecule has 4 nitrogen and oxygen atoms in total. The van der Waals surface area contributed by atoms with Crippen molar-refractivity contribution in [3.63, 3.8) is 0 Å². The normalized spacial score (nSPS) is 11.3. The molecule has 84 valence electrons. The first-order valence-electron chi connectivity index (χ1n) is 4.40. The topological polar surface area (TPSA) is 66.4 Å². The Kier molecular flexibility index (Phi) is 4.38. The van der Waals surface area contributed by atoms with Crippen molar-refractivity contribution in [2.24, 2.45) is 0 Å². The van der Waals surface area contributed by atoms with Gasteiger partial charge in [-0.1, -0.05) is 17.7 Å². The van der Waals surface area contributed by atoms with Gasteiger partial charge in [-0.15, -0.1) is 0 Å². The van der Waals surface area contributed by atoms with Gasteiger partial charge in [-0.25, -0.2) is 8.42 Å². The minimum atomic E-state index is -3.38. The molecule has 0 aromatic heterocycles. The predicted octanol–water partition coefficient (Wildman–Crippen LogP) is 1.46. The fraction of sp³-hybridized carbons (Fsp3) is 0.333. The fourth-order valence-electron chi connectivity index (χ4n) is 1.04. The van der Waals surface area contributed by atoms with Crippen molar-refractivity contribution >= 4 is 27.3 Å². The van der Waals surface area contributed by atoms with E-state index in [-0.39, 0.29) is 18.8 Å². The Morgan fingerprint density at radius 2 is 2.13 bits per heavy atom.